The average Bonchev–Trinajstić information content (AvgIpc) is 2.58. The Morgan fingerprint density at radius 3 is 2.76 bits per heavy atom. The van der Waals surface area contributed by atoms with Gasteiger partial charge in [0.25, 0.3) is 6.43 Å². The number of aliphatic hydroxyl groups excluding tert-OH is 1. The number of alkyl halides is 2. The summed E-state index contributed by atoms with van der Waals surface area (Å²) < 4.78 is 26.5. The average molecular weight is 247 g/mol. The summed E-state index contributed by atoms with van der Waals surface area (Å²) in [5.41, 5.74) is 1.78. The van der Waals surface area contributed by atoms with Crippen molar-refractivity contribution in [3.63, 3.8) is 0 Å². The van der Waals surface area contributed by atoms with Gasteiger partial charge in [0.2, 0.25) is 0 Å². The maximum Gasteiger partial charge on any atom is 0.251 e. The molecule has 0 spiro atoms. The smallest absolute Gasteiger partial charge is 0.251 e. The van der Waals surface area contributed by atoms with E-state index < -0.39 is 6.43 Å². The van der Waals surface area contributed by atoms with Crippen LogP contribution in [0.1, 0.15) is 18.3 Å². The second-order valence-electron chi connectivity index (χ2n) is 3.94. The molecule has 0 amide bonds. The molecule has 0 unspecified atom stereocenters. The quantitative estimate of drug-likeness (QED) is 0.789. The van der Waals surface area contributed by atoms with Crippen LogP contribution in [0.4, 0.5) is 8.78 Å². The number of halogens is 2. The van der Waals surface area contributed by atoms with Crippen LogP contribution in [0.25, 0.3) is 0 Å². The summed E-state index contributed by atoms with van der Waals surface area (Å²) >= 11 is 0. The molecule has 0 aliphatic rings. The minimum Gasteiger partial charge on any atom is -0.395 e. The highest BCUT2D eigenvalue weighted by molar-refractivity contribution is 5.08. The number of aromatic nitrogens is 2. The normalized spacial score (nSPS) is 11.7. The van der Waals surface area contributed by atoms with Crippen LogP contribution >= 0.6 is 0 Å². The van der Waals surface area contributed by atoms with Gasteiger partial charge in [-0.05, 0) is 19.9 Å². The van der Waals surface area contributed by atoms with Gasteiger partial charge < -0.3 is 5.11 Å². The van der Waals surface area contributed by atoms with E-state index >= 15 is 0 Å². The lowest BCUT2D eigenvalue weighted by molar-refractivity contribution is 0.0733. The Hall–Kier alpha value is -1.01. The summed E-state index contributed by atoms with van der Waals surface area (Å²) in [5.74, 6) is 0. The number of rotatable bonds is 7. The van der Waals surface area contributed by atoms with Gasteiger partial charge in [-0.15, -0.1) is 0 Å². The molecule has 17 heavy (non-hydrogen) atoms. The Balaban J connectivity index is 2.70. The number of nitrogens with zero attached hydrogens (tertiary/aromatic N) is 3. The van der Waals surface area contributed by atoms with Crippen LogP contribution in [-0.2, 0) is 13.1 Å². The van der Waals surface area contributed by atoms with Gasteiger partial charge in [-0.3, -0.25) is 9.58 Å². The molecule has 0 saturated carbocycles. The van der Waals surface area contributed by atoms with E-state index in [1.165, 1.54) is 4.90 Å². The van der Waals surface area contributed by atoms with Gasteiger partial charge in [0.05, 0.1) is 24.5 Å². The topological polar surface area (TPSA) is 41.3 Å². The van der Waals surface area contributed by atoms with Crippen molar-refractivity contribution < 1.29 is 13.9 Å². The van der Waals surface area contributed by atoms with Crippen molar-refractivity contribution >= 4 is 0 Å². The second-order valence-corrected chi connectivity index (χ2v) is 3.94. The van der Waals surface area contributed by atoms with Crippen molar-refractivity contribution in [2.45, 2.75) is 33.4 Å². The largest absolute Gasteiger partial charge is 0.395 e. The first-order valence-corrected chi connectivity index (χ1v) is 5.71. The van der Waals surface area contributed by atoms with Gasteiger partial charge in [0, 0.05) is 19.6 Å². The molecule has 1 heterocycles. The fourth-order valence-corrected chi connectivity index (χ4v) is 1.80. The molecule has 1 rings (SSSR count). The summed E-state index contributed by atoms with van der Waals surface area (Å²) in [5, 5.41) is 13.1. The highest BCUT2D eigenvalue weighted by atomic mass is 19.3. The van der Waals surface area contributed by atoms with E-state index in [2.05, 4.69) is 5.10 Å². The van der Waals surface area contributed by atoms with Crippen LogP contribution in [0, 0.1) is 6.92 Å². The first kappa shape index (κ1) is 14.1. The minimum atomic E-state index is -2.39. The number of aryl methyl sites for hydroxylation is 2. The zero-order valence-electron chi connectivity index (χ0n) is 10.2. The van der Waals surface area contributed by atoms with Crippen molar-refractivity contribution in [1.82, 2.24) is 14.7 Å². The summed E-state index contributed by atoms with van der Waals surface area (Å²) in [7, 11) is 0. The lowest BCUT2D eigenvalue weighted by atomic mass is 10.3. The van der Waals surface area contributed by atoms with Crippen LogP contribution in [0.3, 0.4) is 0 Å². The highest BCUT2D eigenvalue weighted by Crippen LogP contribution is 2.09. The third-order valence-corrected chi connectivity index (χ3v) is 2.48. The second kappa shape index (κ2) is 6.66. The molecule has 0 saturated heterocycles. The molecule has 0 aliphatic carbocycles. The summed E-state index contributed by atoms with van der Waals surface area (Å²) in [6.07, 6.45) is -2.39. The van der Waals surface area contributed by atoms with Crippen molar-refractivity contribution in [2.24, 2.45) is 0 Å². The molecule has 6 heteroatoms. The van der Waals surface area contributed by atoms with E-state index in [1.54, 1.807) is 4.68 Å². The summed E-state index contributed by atoms with van der Waals surface area (Å²) in [6, 6.07) is 1.89. The molecule has 1 N–H and O–H groups in total. The Kier molecular flexibility index (Phi) is 5.50. The standard InChI is InChI=1S/C11H19F2N3O/c1-3-16-10(6-9(2)14-16)7-15(4-5-17)8-11(12)13/h6,11,17H,3-5,7-8H2,1-2H3. The fraction of sp³-hybridized carbons (Fsp3) is 0.727. The maximum atomic E-state index is 12.4. The van der Waals surface area contributed by atoms with Crippen molar-refractivity contribution in [2.75, 3.05) is 19.7 Å². The van der Waals surface area contributed by atoms with E-state index in [0.717, 1.165) is 11.4 Å². The summed E-state index contributed by atoms with van der Waals surface area (Å²) in [6.45, 7) is 4.74. The molecule has 1 aromatic rings. The van der Waals surface area contributed by atoms with Gasteiger partial charge in [-0.2, -0.15) is 5.10 Å². The first-order valence-electron chi connectivity index (χ1n) is 5.71. The monoisotopic (exact) mass is 247 g/mol. The van der Waals surface area contributed by atoms with Crippen molar-refractivity contribution in [1.29, 1.82) is 0 Å². The molecule has 0 aliphatic heterocycles. The SMILES string of the molecule is CCn1nc(C)cc1CN(CCO)CC(F)F. The first-order chi connectivity index (χ1) is 8.06. The van der Waals surface area contributed by atoms with E-state index in [4.69, 9.17) is 5.11 Å². The van der Waals surface area contributed by atoms with Crippen LogP contribution in [0.2, 0.25) is 0 Å². The molecule has 0 radical (unpaired) electrons. The van der Waals surface area contributed by atoms with E-state index in [1.807, 2.05) is 19.9 Å². The van der Waals surface area contributed by atoms with Crippen LogP contribution < -0.4 is 0 Å². The van der Waals surface area contributed by atoms with E-state index in [9.17, 15) is 8.78 Å². The Labute approximate surface area is 99.8 Å². The molecule has 98 valence electrons. The third-order valence-electron chi connectivity index (χ3n) is 2.48. The zero-order chi connectivity index (χ0) is 12.8. The molecule has 1 aromatic heterocycles. The van der Waals surface area contributed by atoms with Crippen LogP contribution in [0.5, 0.6) is 0 Å². The maximum absolute atomic E-state index is 12.4. The molecular formula is C11H19F2N3O. The van der Waals surface area contributed by atoms with Gasteiger partial charge in [-0.25, -0.2) is 8.78 Å². The van der Waals surface area contributed by atoms with Crippen molar-refractivity contribution in [3.8, 4) is 0 Å². The molecule has 0 fully saturated rings. The molecule has 0 bridgehead atoms. The highest BCUT2D eigenvalue weighted by Gasteiger charge is 2.14. The minimum absolute atomic E-state index is 0.119. The number of hydrogen-bond donors (Lipinski definition) is 1. The van der Waals surface area contributed by atoms with Crippen LogP contribution in [-0.4, -0.2) is 45.9 Å². The van der Waals surface area contributed by atoms with E-state index in [-0.39, 0.29) is 19.7 Å². The van der Waals surface area contributed by atoms with Crippen molar-refractivity contribution in [3.05, 3.63) is 17.5 Å². The van der Waals surface area contributed by atoms with Gasteiger partial charge >= 0.3 is 0 Å². The molecule has 0 atom stereocenters. The molecule has 4 nitrogen and oxygen atoms in total. The number of hydrogen-bond acceptors (Lipinski definition) is 3. The predicted molar refractivity (Wildman–Crippen MR) is 61.0 cm³/mol. The Morgan fingerprint density at radius 1 is 1.53 bits per heavy atom. The molecule has 0 aromatic carbocycles. The van der Waals surface area contributed by atoms with Gasteiger partial charge in [0.15, 0.2) is 0 Å². The van der Waals surface area contributed by atoms with Gasteiger partial charge in [0.1, 0.15) is 0 Å². The molecular weight excluding hydrogens is 228 g/mol. The van der Waals surface area contributed by atoms with E-state index in [0.29, 0.717) is 13.1 Å². The zero-order valence-corrected chi connectivity index (χ0v) is 10.2. The fourth-order valence-electron chi connectivity index (χ4n) is 1.80. The third kappa shape index (κ3) is 4.40. The van der Waals surface area contributed by atoms with Gasteiger partial charge in [-0.1, -0.05) is 0 Å². The lowest BCUT2D eigenvalue weighted by Gasteiger charge is -2.20. The predicted octanol–water partition coefficient (Wildman–Crippen LogP) is 1.27. The Morgan fingerprint density at radius 2 is 2.24 bits per heavy atom. The number of aliphatic hydroxyl groups is 1. The lowest BCUT2D eigenvalue weighted by Crippen LogP contribution is -2.32. The van der Waals surface area contributed by atoms with Crippen LogP contribution in [0.15, 0.2) is 6.07 Å². The Bertz CT molecular complexity index is 341. The summed E-state index contributed by atoms with van der Waals surface area (Å²) in [4.78, 5) is 1.54.